The Morgan fingerprint density at radius 1 is 1.35 bits per heavy atom. The maximum absolute atomic E-state index is 10.7. The number of aromatic nitrogens is 1. The second-order valence-corrected chi connectivity index (χ2v) is 6.47. The fraction of sp³-hybridized carbons (Fsp3) is 0.706. The van der Waals surface area contributed by atoms with Crippen LogP contribution in [0.15, 0.2) is 18.3 Å². The maximum Gasteiger partial charge on any atom is 0.0837 e. The van der Waals surface area contributed by atoms with E-state index in [0.717, 1.165) is 30.7 Å². The largest absolute Gasteiger partial charge is 0.388 e. The van der Waals surface area contributed by atoms with Crippen molar-refractivity contribution in [3.05, 3.63) is 29.6 Å². The number of nitrogens with zero attached hydrogens (tertiary/aromatic N) is 1. The van der Waals surface area contributed by atoms with Gasteiger partial charge in [0.05, 0.1) is 11.7 Å². The number of pyridine rings is 1. The molecule has 0 amide bonds. The molecule has 1 aromatic heterocycles. The highest BCUT2D eigenvalue weighted by Crippen LogP contribution is 2.44. The molecule has 3 nitrogen and oxygen atoms in total. The number of rotatable bonds is 2. The van der Waals surface area contributed by atoms with Crippen LogP contribution in [0.2, 0.25) is 0 Å². The van der Waals surface area contributed by atoms with E-state index in [2.05, 4.69) is 4.98 Å². The maximum atomic E-state index is 10.7. The quantitative estimate of drug-likeness (QED) is 0.897. The smallest absolute Gasteiger partial charge is 0.0837 e. The third-order valence-electron chi connectivity index (χ3n) is 5.11. The first kappa shape index (κ1) is 14.0. The molecular weight excluding hydrogens is 250 g/mol. The fourth-order valence-electron chi connectivity index (χ4n) is 3.94. The van der Waals surface area contributed by atoms with Crippen molar-refractivity contribution >= 4 is 0 Å². The molecule has 1 saturated carbocycles. The molecule has 2 aliphatic rings. The number of aliphatic hydroxyl groups excluding tert-OH is 1. The lowest BCUT2D eigenvalue weighted by Crippen LogP contribution is -2.42. The number of ether oxygens (including phenoxy) is 1. The summed E-state index contributed by atoms with van der Waals surface area (Å²) in [6.45, 7) is 2.77. The summed E-state index contributed by atoms with van der Waals surface area (Å²) in [5.74, 6) is 0.310. The molecule has 1 spiro atoms. The Labute approximate surface area is 121 Å². The predicted molar refractivity (Wildman–Crippen MR) is 78.4 cm³/mol. The fourth-order valence-corrected chi connectivity index (χ4v) is 3.94. The molecule has 2 unspecified atom stereocenters. The van der Waals surface area contributed by atoms with Gasteiger partial charge in [-0.2, -0.15) is 0 Å². The minimum atomic E-state index is -0.397. The topological polar surface area (TPSA) is 42.4 Å². The van der Waals surface area contributed by atoms with Crippen molar-refractivity contribution in [3.8, 4) is 0 Å². The molecule has 110 valence electrons. The molecule has 1 saturated heterocycles. The zero-order chi connectivity index (χ0) is 14.0. The zero-order valence-corrected chi connectivity index (χ0v) is 12.3. The highest BCUT2D eigenvalue weighted by atomic mass is 16.5. The van der Waals surface area contributed by atoms with E-state index in [9.17, 15) is 5.11 Å². The average Bonchev–Trinajstić information content (AvgIpc) is 2.48. The summed E-state index contributed by atoms with van der Waals surface area (Å²) in [5.41, 5.74) is 1.99. The van der Waals surface area contributed by atoms with Gasteiger partial charge in [0, 0.05) is 24.1 Å². The Kier molecular flexibility index (Phi) is 4.08. The minimum Gasteiger partial charge on any atom is -0.388 e. The lowest BCUT2D eigenvalue weighted by atomic mass is 9.73. The SMILES string of the molecule is Cc1ncccc1C(O)C1CCOC2(CCCCC2)C1. The zero-order valence-electron chi connectivity index (χ0n) is 12.3. The standard InChI is InChI=1S/C17H25NO2/c1-13-15(6-5-10-18-13)16(19)14-7-11-20-17(12-14)8-3-2-4-9-17/h5-6,10,14,16,19H,2-4,7-9,11-12H2,1H3. The van der Waals surface area contributed by atoms with E-state index < -0.39 is 6.10 Å². The van der Waals surface area contributed by atoms with E-state index in [1.54, 1.807) is 6.20 Å². The van der Waals surface area contributed by atoms with E-state index in [0.29, 0.717) is 5.92 Å². The Morgan fingerprint density at radius 3 is 2.90 bits per heavy atom. The second kappa shape index (κ2) is 5.82. The number of hydrogen-bond acceptors (Lipinski definition) is 3. The second-order valence-electron chi connectivity index (χ2n) is 6.47. The van der Waals surface area contributed by atoms with E-state index in [1.165, 1.54) is 32.1 Å². The van der Waals surface area contributed by atoms with E-state index in [-0.39, 0.29) is 5.60 Å². The van der Waals surface area contributed by atoms with Gasteiger partial charge < -0.3 is 9.84 Å². The van der Waals surface area contributed by atoms with Crippen LogP contribution in [-0.4, -0.2) is 22.3 Å². The van der Waals surface area contributed by atoms with Gasteiger partial charge in [0.25, 0.3) is 0 Å². The summed E-state index contributed by atoms with van der Waals surface area (Å²) >= 11 is 0. The van der Waals surface area contributed by atoms with Crippen LogP contribution >= 0.6 is 0 Å². The number of aryl methyl sites for hydroxylation is 1. The van der Waals surface area contributed by atoms with Crippen LogP contribution in [0.25, 0.3) is 0 Å². The van der Waals surface area contributed by atoms with Gasteiger partial charge in [0.1, 0.15) is 0 Å². The molecular formula is C17H25NO2. The summed E-state index contributed by atoms with van der Waals surface area (Å²) in [6.07, 6.45) is 9.57. The third-order valence-corrected chi connectivity index (χ3v) is 5.11. The summed E-state index contributed by atoms with van der Waals surface area (Å²) in [6, 6.07) is 3.93. The van der Waals surface area contributed by atoms with Crippen molar-refractivity contribution in [1.82, 2.24) is 4.98 Å². The van der Waals surface area contributed by atoms with Crippen molar-refractivity contribution < 1.29 is 9.84 Å². The normalized spacial score (nSPS) is 27.4. The summed E-state index contributed by atoms with van der Waals surface area (Å²) in [4.78, 5) is 4.31. The van der Waals surface area contributed by atoms with E-state index in [1.807, 2.05) is 19.1 Å². The first-order chi connectivity index (χ1) is 9.70. The Hall–Kier alpha value is -0.930. The van der Waals surface area contributed by atoms with E-state index >= 15 is 0 Å². The summed E-state index contributed by atoms with van der Waals surface area (Å²) in [5, 5.41) is 10.7. The lowest BCUT2D eigenvalue weighted by Gasteiger charge is -2.44. The van der Waals surface area contributed by atoms with Crippen LogP contribution in [0.3, 0.4) is 0 Å². The average molecular weight is 275 g/mol. The Balaban J connectivity index is 1.75. The van der Waals surface area contributed by atoms with Gasteiger partial charge in [-0.25, -0.2) is 0 Å². The molecule has 20 heavy (non-hydrogen) atoms. The van der Waals surface area contributed by atoms with Crippen molar-refractivity contribution in [3.63, 3.8) is 0 Å². The van der Waals surface area contributed by atoms with E-state index in [4.69, 9.17) is 4.74 Å². The van der Waals surface area contributed by atoms with Crippen LogP contribution in [0.1, 0.15) is 62.3 Å². The van der Waals surface area contributed by atoms with Crippen LogP contribution in [0.5, 0.6) is 0 Å². The molecule has 1 aliphatic heterocycles. The van der Waals surface area contributed by atoms with Crippen LogP contribution < -0.4 is 0 Å². The third kappa shape index (κ3) is 2.75. The first-order valence-corrected chi connectivity index (χ1v) is 7.94. The number of aliphatic hydroxyl groups is 1. The Morgan fingerprint density at radius 2 is 2.15 bits per heavy atom. The van der Waals surface area contributed by atoms with Crippen molar-refractivity contribution in [2.24, 2.45) is 5.92 Å². The molecule has 1 aromatic rings. The van der Waals surface area contributed by atoms with Crippen LogP contribution in [-0.2, 0) is 4.74 Å². The number of hydrogen-bond donors (Lipinski definition) is 1. The highest BCUT2D eigenvalue weighted by Gasteiger charge is 2.40. The van der Waals surface area contributed by atoms with Gasteiger partial charge in [-0.3, -0.25) is 4.98 Å². The molecule has 2 atom stereocenters. The summed E-state index contributed by atoms with van der Waals surface area (Å²) < 4.78 is 6.13. The van der Waals surface area contributed by atoms with Crippen molar-refractivity contribution in [2.75, 3.05) is 6.61 Å². The molecule has 0 radical (unpaired) electrons. The van der Waals surface area contributed by atoms with Crippen LogP contribution in [0, 0.1) is 12.8 Å². The lowest BCUT2D eigenvalue weighted by molar-refractivity contribution is -0.134. The van der Waals surface area contributed by atoms with Gasteiger partial charge in [-0.05, 0) is 44.6 Å². The van der Waals surface area contributed by atoms with Gasteiger partial charge in [0.15, 0.2) is 0 Å². The molecule has 2 heterocycles. The van der Waals surface area contributed by atoms with Crippen LogP contribution in [0.4, 0.5) is 0 Å². The minimum absolute atomic E-state index is 0.0538. The molecule has 0 aromatic carbocycles. The van der Waals surface area contributed by atoms with Gasteiger partial charge in [0.2, 0.25) is 0 Å². The predicted octanol–water partition coefficient (Wildman–Crippen LogP) is 3.55. The monoisotopic (exact) mass is 275 g/mol. The highest BCUT2D eigenvalue weighted by molar-refractivity contribution is 5.22. The molecule has 1 N–H and O–H groups in total. The molecule has 1 aliphatic carbocycles. The van der Waals surface area contributed by atoms with Crippen molar-refractivity contribution in [2.45, 2.75) is 63.6 Å². The van der Waals surface area contributed by atoms with Crippen molar-refractivity contribution in [1.29, 1.82) is 0 Å². The summed E-state index contributed by atoms with van der Waals surface area (Å²) in [7, 11) is 0. The molecule has 3 rings (SSSR count). The van der Waals surface area contributed by atoms with Gasteiger partial charge in [-0.1, -0.05) is 25.3 Å². The first-order valence-electron chi connectivity index (χ1n) is 7.94. The molecule has 2 fully saturated rings. The van der Waals surface area contributed by atoms with Gasteiger partial charge in [-0.15, -0.1) is 0 Å². The molecule has 0 bridgehead atoms. The Bertz CT molecular complexity index is 449. The van der Waals surface area contributed by atoms with Gasteiger partial charge >= 0.3 is 0 Å². The molecule has 3 heteroatoms.